The molecule has 0 amide bonds. The van der Waals surface area contributed by atoms with Gasteiger partial charge in [-0.2, -0.15) is 0 Å². The van der Waals surface area contributed by atoms with Crippen LogP contribution in [0, 0.1) is 11.8 Å². The van der Waals surface area contributed by atoms with Gasteiger partial charge in [0.2, 0.25) is 0 Å². The van der Waals surface area contributed by atoms with Gasteiger partial charge in [0.1, 0.15) is 0 Å². The van der Waals surface area contributed by atoms with Gasteiger partial charge < -0.3 is 14.2 Å². The molecule has 0 radical (unpaired) electrons. The van der Waals surface area contributed by atoms with Crippen LogP contribution in [0.2, 0.25) is 0 Å². The maximum absolute atomic E-state index is 11.2. The van der Waals surface area contributed by atoms with Crippen molar-refractivity contribution < 1.29 is 28.6 Å². The van der Waals surface area contributed by atoms with E-state index in [4.69, 9.17) is 14.2 Å². The zero-order chi connectivity index (χ0) is 19.1. The predicted molar refractivity (Wildman–Crippen MR) is 94.6 cm³/mol. The summed E-state index contributed by atoms with van der Waals surface area (Å²) < 4.78 is 15.1. The van der Waals surface area contributed by atoms with Crippen molar-refractivity contribution in [1.82, 2.24) is 0 Å². The Hall–Kier alpha value is -2.37. The first-order valence-corrected chi connectivity index (χ1v) is 8.30. The minimum Gasteiger partial charge on any atom is -0.463 e. The van der Waals surface area contributed by atoms with Crippen LogP contribution < -0.4 is 0 Å². The van der Waals surface area contributed by atoms with E-state index < -0.39 is 17.9 Å². The van der Waals surface area contributed by atoms with E-state index in [0.717, 1.165) is 37.5 Å². The summed E-state index contributed by atoms with van der Waals surface area (Å²) in [5, 5.41) is 0. The molecule has 25 heavy (non-hydrogen) atoms. The molecule has 140 valence electrons. The van der Waals surface area contributed by atoms with Gasteiger partial charge in [0.25, 0.3) is 0 Å². The van der Waals surface area contributed by atoms with Gasteiger partial charge in [0.05, 0.1) is 19.8 Å². The fourth-order valence-electron chi connectivity index (χ4n) is 2.08. The van der Waals surface area contributed by atoms with Gasteiger partial charge in [-0.15, -0.1) is 0 Å². The van der Waals surface area contributed by atoms with Crippen molar-refractivity contribution >= 4 is 17.9 Å². The highest BCUT2D eigenvalue weighted by Crippen LogP contribution is 2.17. The van der Waals surface area contributed by atoms with Crippen LogP contribution in [-0.2, 0) is 28.6 Å². The van der Waals surface area contributed by atoms with Gasteiger partial charge in [0, 0.05) is 18.2 Å². The molecule has 0 aromatic heterocycles. The van der Waals surface area contributed by atoms with Crippen molar-refractivity contribution in [3.63, 3.8) is 0 Å². The molecule has 2 atom stereocenters. The normalized spacial score (nSPS) is 12.4. The van der Waals surface area contributed by atoms with E-state index in [-0.39, 0.29) is 25.0 Å². The third-order valence-electron chi connectivity index (χ3n) is 3.55. The van der Waals surface area contributed by atoms with E-state index in [1.165, 1.54) is 0 Å². The van der Waals surface area contributed by atoms with Crippen LogP contribution in [-0.4, -0.2) is 37.7 Å². The number of hydrogen-bond donors (Lipinski definition) is 0. The Balaban J connectivity index is 4.21. The first-order valence-electron chi connectivity index (χ1n) is 8.30. The number of carbonyl (C=O) groups is 3. The van der Waals surface area contributed by atoms with Crippen molar-refractivity contribution in [3.8, 4) is 0 Å². The lowest BCUT2D eigenvalue weighted by molar-refractivity contribution is -0.141. The van der Waals surface area contributed by atoms with Gasteiger partial charge in [-0.3, -0.25) is 0 Å². The minimum atomic E-state index is -0.474. The summed E-state index contributed by atoms with van der Waals surface area (Å²) >= 11 is 0. The standard InChI is InChI=1S/C19H28O6/c1-5-17(20)23-12-11-16(14-25-19(22)7-3)10-8-9-15(4)13-24-18(21)6-2/h5-7,15-16H,1-3,8-14H2,4H3. The van der Waals surface area contributed by atoms with E-state index >= 15 is 0 Å². The van der Waals surface area contributed by atoms with Crippen LogP contribution >= 0.6 is 0 Å². The second kappa shape index (κ2) is 14.0. The first kappa shape index (κ1) is 22.6. The zero-order valence-electron chi connectivity index (χ0n) is 14.9. The van der Waals surface area contributed by atoms with Gasteiger partial charge in [0.15, 0.2) is 0 Å². The SMILES string of the molecule is C=CC(=O)OCCC(CCCC(C)COC(=O)C=C)COC(=O)C=C. The number of hydrogen-bond acceptors (Lipinski definition) is 6. The van der Waals surface area contributed by atoms with Crippen LogP contribution in [0.15, 0.2) is 38.0 Å². The smallest absolute Gasteiger partial charge is 0.330 e. The van der Waals surface area contributed by atoms with E-state index in [0.29, 0.717) is 13.0 Å². The van der Waals surface area contributed by atoms with Gasteiger partial charge >= 0.3 is 17.9 Å². The van der Waals surface area contributed by atoms with Crippen LogP contribution in [0.1, 0.15) is 32.6 Å². The van der Waals surface area contributed by atoms with Crippen LogP contribution in [0.3, 0.4) is 0 Å². The van der Waals surface area contributed by atoms with Crippen LogP contribution in [0.4, 0.5) is 0 Å². The Bertz CT molecular complexity index is 469. The lowest BCUT2D eigenvalue weighted by Gasteiger charge is -2.18. The van der Waals surface area contributed by atoms with Crippen molar-refractivity contribution in [2.75, 3.05) is 19.8 Å². The molecule has 0 saturated heterocycles. The highest BCUT2D eigenvalue weighted by molar-refractivity contribution is 5.81. The second-order valence-electron chi connectivity index (χ2n) is 5.73. The quantitative estimate of drug-likeness (QED) is 0.272. The fourth-order valence-corrected chi connectivity index (χ4v) is 2.08. The molecule has 0 aromatic rings. The topological polar surface area (TPSA) is 78.9 Å². The van der Waals surface area contributed by atoms with E-state index in [9.17, 15) is 14.4 Å². The number of rotatable bonds is 14. The molecule has 0 spiro atoms. The second-order valence-corrected chi connectivity index (χ2v) is 5.73. The molecule has 0 rings (SSSR count). The van der Waals surface area contributed by atoms with Crippen molar-refractivity contribution in [2.45, 2.75) is 32.6 Å². The van der Waals surface area contributed by atoms with Crippen molar-refractivity contribution in [1.29, 1.82) is 0 Å². The largest absolute Gasteiger partial charge is 0.463 e. The van der Waals surface area contributed by atoms with Crippen molar-refractivity contribution in [3.05, 3.63) is 38.0 Å². The maximum Gasteiger partial charge on any atom is 0.330 e. The third kappa shape index (κ3) is 12.7. The summed E-state index contributed by atoms with van der Waals surface area (Å²) in [6.45, 7) is 12.9. The molecule has 0 saturated carbocycles. The minimum absolute atomic E-state index is 0.0736. The average molecular weight is 352 g/mol. The first-order chi connectivity index (χ1) is 11.9. The van der Waals surface area contributed by atoms with Gasteiger partial charge in [-0.25, -0.2) is 14.4 Å². The number of ether oxygens (including phenoxy) is 3. The molecular formula is C19H28O6. The Kier molecular flexibility index (Phi) is 12.7. The Labute approximate surface area is 149 Å². The molecule has 0 bridgehead atoms. The number of esters is 3. The van der Waals surface area contributed by atoms with E-state index in [2.05, 4.69) is 19.7 Å². The highest BCUT2D eigenvalue weighted by atomic mass is 16.5. The lowest BCUT2D eigenvalue weighted by Crippen LogP contribution is -2.17. The molecular weight excluding hydrogens is 324 g/mol. The molecule has 0 aliphatic heterocycles. The molecule has 0 N–H and O–H groups in total. The average Bonchev–Trinajstić information content (AvgIpc) is 2.62. The molecule has 6 heteroatoms. The van der Waals surface area contributed by atoms with Gasteiger partial charge in [-0.05, 0) is 31.1 Å². The third-order valence-corrected chi connectivity index (χ3v) is 3.55. The summed E-state index contributed by atoms with van der Waals surface area (Å²) in [6, 6.07) is 0. The lowest BCUT2D eigenvalue weighted by atomic mass is 9.96. The van der Waals surface area contributed by atoms with E-state index in [1.54, 1.807) is 0 Å². The van der Waals surface area contributed by atoms with Crippen LogP contribution in [0.25, 0.3) is 0 Å². The Morgan fingerprint density at radius 1 is 0.800 bits per heavy atom. The fraction of sp³-hybridized carbons (Fsp3) is 0.526. The molecule has 0 aliphatic rings. The summed E-state index contributed by atoms with van der Waals surface area (Å²) in [5.74, 6) is -1.08. The molecule has 0 aliphatic carbocycles. The molecule has 2 unspecified atom stereocenters. The maximum atomic E-state index is 11.2. The summed E-state index contributed by atoms with van der Waals surface area (Å²) in [4.78, 5) is 33.3. The summed E-state index contributed by atoms with van der Waals surface area (Å²) in [5.41, 5.74) is 0. The summed E-state index contributed by atoms with van der Waals surface area (Å²) in [7, 11) is 0. The van der Waals surface area contributed by atoms with Crippen LogP contribution in [0.5, 0.6) is 0 Å². The molecule has 6 nitrogen and oxygen atoms in total. The monoisotopic (exact) mass is 352 g/mol. The highest BCUT2D eigenvalue weighted by Gasteiger charge is 2.13. The predicted octanol–water partition coefficient (Wildman–Crippen LogP) is 2.99. The van der Waals surface area contributed by atoms with Gasteiger partial charge in [-0.1, -0.05) is 33.1 Å². The molecule has 0 heterocycles. The summed E-state index contributed by atoms with van der Waals surface area (Å²) in [6.07, 6.45) is 6.49. The Morgan fingerprint density at radius 3 is 1.88 bits per heavy atom. The van der Waals surface area contributed by atoms with Crippen molar-refractivity contribution in [2.24, 2.45) is 11.8 Å². The molecule has 0 aromatic carbocycles. The zero-order valence-corrected chi connectivity index (χ0v) is 14.9. The Morgan fingerprint density at radius 2 is 1.32 bits per heavy atom. The van der Waals surface area contributed by atoms with E-state index in [1.807, 2.05) is 6.92 Å². The molecule has 0 fully saturated rings. The number of carbonyl (C=O) groups excluding carboxylic acids is 3.